The van der Waals surface area contributed by atoms with E-state index < -0.39 is 0 Å². The van der Waals surface area contributed by atoms with E-state index in [1.807, 2.05) is 13.8 Å². The number of ether oxygens (including phenoxy) is 1. The van der Waals surface area contributed by atoms with Gasteiger partial charge in [-0.05, 0) is 52.9 Å². The molecule has 1 aromatic carbocycles. The van der Waals surface area contributed by atoms with Crippen LogP contribution >= 0.6 is 11.3 Å². The number of rotatable bonds is 5. The van der Waals surface area contributed by atoms with Crippen molar-refractivity contribution < 1.29 is 4.74 Å². The van der Waals surface area contributed by atoms with Crippen molar-refractivity contribution in [2.45, 2.75) is 33.6 Å². The van der Waals surface area contributed by atoms with Crippen LogP contribution in [-0.4, -0.2) is 6.61 Å². The van der Waals surface area contributed by atoms with Gasteiger partial charge in [-0.2, -0.15) is 11.3 Å². The largest absolute Gasteiger partial charge is 0.494 e. The molecule has 0 aliphatic rings. The van der Waals surface area contributed by atoms with Gasteiger partial charge in [-0.15, -0.1) is 0 Å². The number of hydrogen-bond donors (Lipinski definition) is 0. The van der Waals surface area contributed by atoms with Crippen molar-refractivity contribution >= 4 is 11.3 Å². The summed E-state index contributed by atoms with van der Waals surface area (Å²) in [6, 6.07) is 10.6. The first kappa shape index (κ1) is 14.8. The lowest BCUT2D eigenvalue weighted by molar-refractivity contribution is 0.317. The predicted molar refractivity (Wildman–Crippen MR) is 80.7 cm³/mol. The molecule has 0 atom stereocenters. The van der Waals surface area contributed by atoms with Crippen LogP contribution < -0.4 is 4.74 Å². The van der Waals surface area contributed by atoms with Crippen molar-refractivity contribution in [3.05, 3.63) is 52.2 Å². The van der Waals surface area contributed by atoms with E-state index in [-0.39, 0.29) is 0 Å². The molecule has 0 bridgehead atoms. The Hall–Kier alpha value is -1.28. The van der Waals surface area contributed by atoms with E-state index in [9.17, 15) is 0 Å². The summed E-state index contributed by atoms with van der Waals surface area (Å²) in [6.45, 7) is 6.91. The van der Waals surface area contributed by atoms with E-state index in [0.717, 1.165) is 25.2 Å². The molecule has 0 fully saturated rings. The quantitative estimate of drug-likeness (QED) is 0.723. The third-order valence-electron chi connectivity index (χ3n) is 2.38. The van der Waals surface area contributed by atoms with Crippen LogP contribution in [0, 0.1) is 0 Å². The maximum atomic E-state index is 5.55. The Morgan fingerprint density at radius 3 is 2.28 bits per heavy atom. The van der Waals surface area contributed by atoms with Crippen LogP contribution in [0.5, 0.6) is 5.75 Å². The highest BCUT2D eigenvalue weighted by molar-refractivity contribution is 7.07. The number of benzene rings is 1. The van der Waals surface area contributed by atoms with Crippen molar-refractivity contribution in [3.8, 4) is 5.75 Å². The zero-order chi connectivity index (χ0) is 13.2. The topological polar surface area (TPSA) is 9.23 Å². The molecular weight excluding hydrogens is 240 g/mol. The lowest BCUT2D eigenvalue weighted by Crippen LogP contribution is -1.95. The normalized spacial score (nSPS) is 9.50. The van der Waals surface area contributed by atoms with Crippen LogP contribution in [0.1, 0.15) is 38.3 Å². The monoisotopic (exact) mass is 262 g/mol. The van der Waals surface area contributed by atoms with Gasteiger partial charge in [0.05, 0.1) is 6.61 Å². The lowest BCUT2D eigenvalue weighted by Gasteiger charge is -2.05. The van der Waals surface area contributed by atoms with E-state index in [1.165, 1.54) is 11.1 Å². The van der Waals surface area contributed by atoms with Gasteiger partial charge in [0.2, 0.25) is 0 Å². The molecule has 98 valence electrons. The smallest absolute Gasteiger partial charge is 0.119 e. The van der Waals surface area contributed by atoms with E-state index in [4.69, 9.17) is 4.74 Å². The molecule has 0 radical (unpaired) electrons. The molecule has 2 rings (SSSR count). The standard InChI is InChI=1S/C14H16OS.C2H6/c1-2-8-15-14-5-3-12(4-6-14)10-13-7-9-16-11-13;1-2/h3-7,9,11H,2,8,10H2,1H3;1-2H3. The summed E-state index contributed by atoms with van der Waals surface area (Å²) >= 11 is 1.75. The van der Waals surface area contributed by atoms with Gasteiger partial charge in [-0.1, -0.05) is 32.9 Å². The molecule has 0 N–H and O–H groups in total. The Morgan fingerprint density at radius 1 is 1.00 bits per heavy atom. The summed E-state index contributed by atoms with van der Waals surface area (Å²) in [5.74, 6) is 0.968. The van der Waals surface area contributed by atoms with Crippen molar-refractivity contribution in [1.82, 2.24) is 0 Å². The van der Waals surface area contributed by atoms with Crippen LogP contribution in [-0.2, 0) is 6.42 Å². The summed E-state index contributed by atoms with van der Waals surface area (Å²) in [6.07, 6.45) is 2.06. The fourth-order valence-electron chi connectivity index (χ4n) is 1.55. The number of hydrogen-bond acceptors (Lipinski definition) is 2. The first-order valence-corrected chi connectivity index (χ1v) is 7.55. The lowest BCUT2D eigenvalue weighted by atomic mass is 10.1. The minimum Gasteiger partial charge on any atom is -0.494 e. The molecule has 0 aliphatic heterocycles. The van der Waals surface area contributed by atoms with Gasteiger partial charge in [-0.25, -0.2) is 0 Å². The Balaban J connectivity index is 0.000000771. The first-order valence-electron chi connectivity index (χ1n) is 6.61. The first-order chi connectivity index (χ1) is 8.88. The highest BCUT2D eigenvalue weighted by Gasteiger charge is 1.97. The van der Waals surface area contributed by atoms with E-state index in [0.29, 0.717) is 0 Å². The summed E-state index contributed by atoms with van der Waals surface area (Å²) in [5.41, 5.74) is 2.72. The third-order valence-corrected chi connectivity index (χ3v) is 3.12. The van der Waals surface area contributed by atoms with E-state index in [2.05, 4.69) is 48.0 Å². The second kappa shape index (κ2) is 8.76. The molecule has 18 heavy (non-hydrogen) atoms. The molecule has 2 aromatic rings. The minimum atomic E-state index is 0.796. The molecule has 0 saturated carbocycles. The molecule has 2 heteroatoms. The Labute approximate surface area is 114 Å². The highest BCUT2D eigenvalue weighted by Crippen LogP contribution is 2.16. The molecule has 0 unspecified atom stereocenters. The second-order valence-corrected chi connectivity index (χ2v) is 4.58. The SMILES string of the molecule is CC.CCCOc1ccc(Cc2ccsc2)cc1. The zero-order valence-corrected chi connectivity index (χ0v) is 12.3. The third kappa shape index (κ3) is 4.92. The molecule has 1 heterocycles. The van der Waals surface area contributed by atoms with Gasteiger partial charge in [0.15, 0.2) is 0 Å². The van der Waals surface area contributed by atoms with Gasteiger partial charge in [0.25, 0.3) is 0 Å². The van der Waals surface area contributed by atoms with Crippen molar-refractivity contribution in [3.63, 3.8) is 0 Å². The number of thiophene rings is 1. The van der Waals surface area contributed by atoms with Crippen LogP contribution in [0.3, 0.4) is 0 Å². The van der Waals surface area contributed by atoms with Crippen molar-refractivity contribution in [1.29, 1.82) is 0 Å². The molecule has 0 amide bonds. The maximum absolute atomic E-state index is 5.55. The Morgan fingerprint density at radius 2 is 1.72 bits per heavy atom. The predicted octanol–water partition coefficient (Wildman–Crippen LogP) is 5.15. The Kier molecular flexibility index (Phi) is 7.19. The van der Waals surface area contributed by atoms with Crippen LogP contribution in [0.25, 0.3) is 0 Å². The highest BCUT2D eigenvalue weighted by atomic mass is 32.1. The summed E-state index contributed by atoms with van der Waals surface area (Å²) in [4.78, 5) is 0. The summed E-state index contributed by atoms with van der Waals surface area (Å²) in [5, 5.41) is 4.32. The van der Waals surface area contributed by atoms with Crippen molar-refractivity contribution in [2.24, 2.45) is 0 Å². The van der Waals surface area contributed by atoms with E-state index >= 15 is 0 Å². The van der Waals surface area contributed by atoms with Gasteiger partial charge in [-0.3, -0.25) is 0 Å². The summed E-state index contributed by atoms with van der Waals surface area (Å²) in [7, 11) is 0. The zero-order valence-electron chi connectivity index (χ0n) is 11.5. The fraction of sp³-hybridized carbons (Fsp3) is 0.375. The van der Waals surface area contributed by atoms with Crippen molar-refractivity contribution in [2.75, 3.05) is 6.61 Å². The minimum absolute atomic E-state index is 0.796. The molecule has 0 spiro atoms. The van der Waals surface area contributed by atoms with Crippen LogP contribution in [0.15, 0.2) is 41.1 Å². The average Bonchev–Trinajstić information content (AvgIpc) is 2.93. The second-order valence-electron chi connectivity index (χ2n) is 3.80. The molecule has 1 aromatic heterocycles. The molecule has 0 aliphatic carbocycles. The fourth-order valence-corrected chi connectivity index (χ4v) is 2.22. The van der Waals surface area contributed by atoms with Gasteiger partial charge in [0.1, 0.15) is 5.75 Å². The molecular formula is C16H22OS. The van der Waals surface area contributed by atoms with Crippen LogP contribution in [0.4, 0.5) is 0 Å². The average molecular weight is 262 g/mol. The maximum Gasteiger partial charge on any atom is 0.119 e. The summed E-state index contributed by atoms with van der Waals surface area (Å²) < 4.78 is 5.55. The molecule has 1 nitrogen and oxygen atoms in total. The van der Waals surface area contributed by atoms with Gasteiger partial charge < -0.3 is 4.74 Å². The van der Waals surface area contributed by atoms with Gasteiger partial charge in [0, 0.05) is 0 Å². The van der Waals surface area contributed by atoms with Crippen LogP contribution in [0.2, 0.25) is 0 Å². The van der Waals surface area contributed by atoms with E-state index in [1.54, 1.807) is 11.3 Å². The Bertz CT molecular complexity index is 403. The van der Waals surface area contributed by atoms with Gasteiger partial charge >= 0.3 is 0 Å². The molecule has 0 saturated heterocycles.